The highest BCUT2D eigenvalue weighted by molar-refractivity contribution is 5.94. The summed E-state index contributed by atoms with van der Waals surface area (Å²) in [5, 5.41) is 2.76. The lowest BCUT2D eigenvalue weighted by atomic mass is 10.1. The predicted octanol–water partition coefficient (Wildman–Crippen LogP) is 2.14. The van der Waals surface area contributed by atoms with Crippen LogP contribution < -0.4 is 5.32 Å². The van der Waals surface area contributed by atoms with Gasteiger partial charge in [0.15, 0.2) is 0 Å². The van der Waals surface area contributed by atoms with Crippen molar-refractivity contribution in [3.63, 3.8) is 0 Å². The molecule has 1 amide bonds. The number of likely N-dealkylation sites (N-methyl/N-ethyl adjacent to an activating group) is 1. The summed E-state index contributed by atoms with van der Waals surface area (Å²) in [6, 6.07) is 4.49. The van der Waals surface area contributed by atoms with Crippen molar-refractivity contribution in [3.8, 4) is 0 Å². The number of alkyl halides is 3. The van der Waals surface area contributed by atoms with E-state index < -0.39 is 17.6 Å². The molecule has 0 aromatic heterocycles. The minimum absolute atomic E-state index is 0.00652. The summed E-state index contributed by atoms with van der Waals surface area (Å²) >= 11 is 0. The number of hydrogen-bond donors (Lipinski definition) is 1. The van der Waals surface area contributed by atoms with E-state index in [1.807, 2.05) is 7.05 Å². The molecule has 19 heavy (non-hydrogen) atoms. The van der Waals surface area contributed by atoms with Crippen molar-refractivity contribution in [2.24, 2.45) is 0 Å². The maximum Gasteiger partial charge on any atom is 0.416 e. The maximum atomic E-state index is 12.5. The second-order valence-corrected chi connectivity index (χ2v) is 4.80. The summed E-state index contributed by atoms with van der Waals surface area (Å²) in [7, 11) is 1.94. The molecule has 0 aliphatic carbocycles. The zero-order valence-corrected chi connectivity index (χ0v) is 10.5. The topological polar surface area (TPSA) is 32.3 Å². The fourth-order valence-electron chi connectivity index (χ4n) is 2.16. The van der Waals surface area contributed by atoms with Gasteiger partial charge < -0.3 is 10.2 Å². The molecule has 2 rings (SSSR count). The van der Waals surface area contributed by atoms with Gasteiger partial charge in [-0.25, -0.2) is 0 Å². The summed E-state index contributed by atoms with van der Waals surface area (Å²) in [5.74, 6) is -0.452. The van der Waals surface area contributed by atoms with E-state index in [1.165, 1.54) is 12.1 Å². The molecular formula is C13H15F3N2O. The molecule has 1 aliphatic heterocycles. The smallest absolute Gasteiger partial charge is 0.348 e. The Bertz CT molecular complexity index is 473. The number of rotatable bonds is 2. The summed E-state index contributed by atoms with van der Waals surface area (Å²) in [5.41, 5.74) is -0.756. The van der Waals surface area contributed by atoms with Crippen LogP contribution in [0.5, 0.6) is 0 Å². The lowest BCUT2D eigenvalue weighted by Gasteiger charge is -2.14. The van der Waals surface area contributed by atoms with Crippen molar-refractivity contribution < 1.29 is 18.0 Å². The summed E-state index contributed by atoms with van der Waals surface area (Å²) in [6.07, 6.45) is -3.61. The summed E-state index contributed by atoms with van der Waals surface area (Å²) in [4.78, 5) is 14.0. The Morgan fingerprint density at radius 2 is 2.16 bits per heavy atom. The monoisotopic (exact) mass is 272 g/mol. The first-order chi connectivity index (χ1) is 8.86. The van der Waals surface area contributed by atoms with Crippen LogP contribution in [0.15, 0.2) is 24.3 Å². The Balaban J connectivity index is 2.07. The third kappa shape index (κ3) is 3.47. The number of likely N-dealkylation sites (tertiary alicyclic amines) is 1. The zero-order valence-electron chi connectivity index (χ0n) is 10.5. The molecule has 1 saturated heterocycles. The average molecular weight is 272 g/mol. The quantitative estimate of drug-likeness (QED) is 0.894. The Hall–Kier alpha value is -1.56. The SMILES string of the molecule is CN1CCC(NC(=O)c2cccc(C(F)(F)F)c2)C1. The minimum Gasteiger partial charge on any atom is -0.348 e. The third-order valence-electron chi connectivity index (χ3n) is 3.18. The van der Waals surface area contributed by atoms with E-state index in [-0.39, 0.29) is 11.6 Å². The average Bonchev–Trinajstić information content (AvgIpc) is 2.74. The third-order valence-corrected chi connectivity index (χ3v) is 3.18. The summed E-state index contributed by atoms with van der Waals surface area (Å²) in [6.45, 7) is 1.61. The standard InChI is InChI=1S/C13H15F3N2O/c1-18-6-5-11(8-18)17-12(19)9-3-2-4-10(7-9)13(14,15)16/h2-4,7,11H,5-6,8H2,1H3,(H,17,19). The van der Waals surface area contributed by atoms with Gasteiger partial charge >= 0.3 is 6.18 Å². The van der Waals surface area contributed by atoms with E-state index in [9.17, 15) is 18.0 Å². The van der Waals surface area contributed by atoms with Gasteiger partial charge in [0.1, 0.15) is 0 Å². The lowest BCUT2D eigenvalue weighted by molar-refractivity contribution is -0.137. The van der Waals surface area contributed by atoms with Crippen LogP contribution in [0.2, 0.25) is 0 Å². The van der Waals surface area contributed by atoms with Gasteiger partial charge in [0, 0.05) is 18.2 Å². The van der Waals surface area contributed by atoms with Crippen LogP contribution in [0.3, 0.4) is 0 Å². The maximum absolute atomic E-state index is 12.5. The summed E-state index contributed by atoms with van der Waals surface area (Å²) < 4.78 is 37.6. The van der Waals surface area contributed by atoms with Crippen molar-refractivity contribution in [1.29, 1.82) is 0 Å². The molecule has 0 radical (unpaired) electrons. The van der Waals surface area contributed by atoms with Gasteiger partial charge in [0.25, 0.3) is 5.91 Å². The normalized spacial score (nSPS) is 20.5. The van der Waals surface area contributed by atoms with Crippen molar-refractivity contribution >= 4 is 5.91 Å². The molecule has 1 aromatic rings. The van der Waals surface area contributed by atoms with E-state index in [4.69, 9.17) is 0 Å². The lowest BCUT2D eigenvalue weighted by Crippen LogP contribution is -2.36. The molecule has 1 N–H and O–H groups in total. The van der Waals surface area contributed by atoms with E-state index in [1.54, 1.807) is 0 Å². The van der Waals surface area contributed by atoms with Crippen LogP contribution in [-0.4, -0.2) is 37.0 Å². The van der Waals surface area contributed by atoms with E-state index in [2.05, 4.69) is 10.2 Å². The van der Waals surface area contributed by atoms with E-state index in [0.29, 0.717) is 0 Å². The van der Waals surface area contributed by atoms with E-state index in [0.717, 1.165) is 31.6 Å². The van der Waals surface area contributed by atoms with Gasteiger partial charge in [0.2, 0.25) is 0 Å². The Morgan fingerprint density at radius 3 is 2.74 bits per heavy atom. The zero-order chi connectivity index (χ0) is 14.0. The van der Waals surface area contributed by atoms with Gasteiger partial charge in [-0.1, -0.05) is 6.07 Å². The molecular weight excluding hydrogens is 257 g/mol. The van der Waals surface area contributed by atoms with Crippen LogP contribution in [-0.2, 0) is 6.18 Å². The number of nitrogens with one attached hydrogen (secondary N) is 1. The van der Waals surface area contributed by atoms with E-state index >= 15 is 0 Å². The largest absolute Gasteiger partial charge is 0.416 e. The van der Waals surface area contributed by atoms with Crippen molar-refractivity contribution in [1.82, 2.24) is 10.2 Å². The molecule has 0 bridgehead atoms. The highest BCUT2D eigenvalue weighted by Gasteiger charge is 2.31. The Labute approximate surface area is 109 Å². The molecule has 1 unspecified atom stereocenters. The van der Waals surface area contributed by atoms with Crippen LogP contribution >= 0.6 is 0 Å². The second kappa shape index (κ2) is 5.21. The van der Waals surface area contributed by atoms with Gasteiger partial charge in [0.05, 0.1) is 5.56 Å². The van der Waals surface area contributed by atoms with Crippen LogP contribution in [0, 0.1) is 0 Å². The first-order valence-electron chi connectivity index (χ1n) is 6.03. The van der Waals surface area contributed by atoms with Crippen molar-refractivity contribution in [2.75, 3.05) is 20.1 Å². The molecule has 1 atom stereocenters. The highest BCUT2D eigenvalue weighted by Crippen LogP contribution is 2.29. The van der Waals surface area contributed by atoms with Crippen LogP contribution in [0.1, 0.15) is 22.3 Å². The number of hydrogen-bond acceptors (Lipinski definition) is 2. The first kappa shape index (κ1) is 13.9. The number of carbonyl (C=O) groups is 1. The van der Waals surface area contributed by atoms with Crippen LogP contribution in [0.4, 0.5) is 13.2 Å². The highest BCUT2D eigenvalue weighted by atomic mass is 19.4. The van der Waals surface area contributed by atoms with Crippen molar-refractivity contribution in [3.05, 3.63) is 35.4 Å². The molecule has 3 nitrogen and oxygen atoms in total. The first-order valence-corrected chi connectivity index (χ1v) is 6.03. The molecule has 6 heteroatoms. The Kier molecular flexibility index (Phi) is 3.80. The minimum atomic E-state index is -4.43. The molecule has 1 aromatic carbocycles. The van der Waals surface area contributed by atoms with Gasteiger partial charge in [-0.15, -0.1) is 0 Å². The predicted molar refractivity (Wildman–Crippen MR) is 64.8 cm³/mol. The fraction of sp³-hybridized carbons (Fsp3) is 0.462. The number of halogens is 3. The van der Waals surface area contributed by atoms with Crippen molar-refractivity contribution in [2.45, 2.75) is 18.6 Å². The number of amides is 1. The van der Waals surface area contributed by atoms with Gasteiger partial charge in [-0.05, 0) is 38.2 Å². The second-order valence-electron chi connectivity index (χ2n) is 4.80. The Morgan fingerprint density at radius 1 is 1.42 bits per heavy atom. The number of benzene rings is 1. The fourth-order valence-corrected chi connectivity index (χ4v) is 2.16. The van der Waals surface area contributed by atoms with Crippen LogP contribution in [0.25, 0.3) is 0 Å². The molecule has 104 valence electrons. The number of nitrogens with zero attached hydrogens (tertiary/aromatic N) is 1. The molecule has 1 fully saturated rings. The molecule has 1 heterocycles. The molecule has 1 aliphatic rings. The molecule has 0 saturated carbocycles. The van der Waals surface area contributed by atoms with Gasteiger partial charge in [-0.2, -0.15) is 13.2 Å². The van der Waals surface area contributed by atoms with Gasteiger partial charge in [-0.3, -0.25) is 4.79 Å². The molecule has 0 spiro atoms. The number of carbonyl (C=O) groups excluding carboxylic acids is 1.